The van der Waals surface area contributed by atoms with Crippen LogP contribution in [0.4, 0.5) is 5.82 Å². The van der Waals surface area contributed by atoms with Gasteiger partial charge in [-0.2, -0.15) is 0 Å². The molecule has 1 amide bonds. The second kappa shape index (κ2) is 6.86. The van der Waals surface area contributed by atoms with E-state index < -0.39 is 0 Å². The molecule has 0 bridgehead atoms. The van der Waals surface area contributed by atoms with Crippen LogP contribution in [0.15, 0.2) is 36.7 Å². The van der Waals surface area contributed by atoms with E-state index in [-0.39, 0.29) is 23.6 Å². The Morgan fingerprint density at radius 1 is 1.33 bits per heavy atom. The van der Waals surface area contributed by atoms with Crippen molar-refractivity contribution in [2.24, 2.45) is 5.92 Å². The van der Waals surface area contributed by atoms with Gasteiger partial charge in [-0.1, -0.05) is 26.0 Å². The fourth-order valence-electron chi connectivity index (χ4n) is 2.78. The number of anilines is 1. The predicted molar refractivity (Wildman–Crippen MR) is 92.7 cm³/mol. The fraction of sp³-hybridized carbons (Fsp3) is 0.389. The van der Waals surface area contributed by atoms with Crippen molar-refractivity contribution in [1.82, 2.24) is 15.3 Å². The molecule has 2 N–H and O–H groups in total. The molecule has 1 saturated heterocycles. The Morgan fingerprint density at radius 2 is 2.12 bits per heavy atom. The van der Waals surface area contributed by atoms with Crippen LogP contribution in [0.3, 0.4) is 0 Å². The van der Waals surface area contributed by atoms with Crippen molar-refractivity contribution >= 4 is 11.7 Å². The van der Waals surface area contributed by atoms with E-state index in [0.29, 0.717) is 11.3 Å². The summed E-state index contributed by atoms with van der Waals surface area (Å²) in [6.07, 6.45) is 4.25. The van der Waals surface area contributed by atoms with Gasteiger partial charge in [-0.15, -0.1) is 0 Å². The summed E-state index contributed by atoms with van der Waals surface area (Å²) in [6, 6.07) is 7.22. The van der Waals surface area contributed by atoms with E-state index in [4.69, 9.17) is 0 Å². The highest BCUT2D eigenvalue weighted by molar-refractivity contribution is 5.78. The molecule has 1 aliphatic heterocycles. The second-order valence-electron chi connectivity index (χ2n) is 6.37. The molecule has 24 heavy (non-hydrogen) atoms. The molecule has 6 nitrogen and oxygen atoms in total. The summed E-state index contributed by atoms with van der Waals surface area (Å²) < 4.78 is 0. The van der Waals surface area contributed by atoms with Crippen LogP contribution < -0.4 is 10.2 Å². The number of nitrogens with one attached hydrogen (secondary N) is 1. The lowest BCUT2D eigenvalue weighted by atomic mass is 10.1. The van der Waals surface area contributed by atoms with Gasteiger partial charge in [0.05, 0.1) is 18.1 Å². The van der Waals surface area contributed by atoms with Crippen LogP contribution in [-0.4, -0.2) is 40.1 Å². The number of nitrogens with zero attached hydrogens (tertiary/aromatic N) is 3. The van der Waals surface area contributed by atoms with Crippen LogP contribution in [0.1, 0.15) is 20.3 Å². The van der Waals surface area contributed by atoms with Crippen molar-refractivity contribution in [3.05, 3.63) is 36.7 Å². The number of hydrogen-bond donors (Lipinski definition) is 2. The molecule has 1 unspecified atom stereocenters. The Bertz CT molecular complexity index is 732. The summed E-state index contributed by atoms with van der Waals surface area (Å²) in [7, 11) is 0. The molecule has 1 aromatic heterocycles. The third-order valence-electron chi connectivity index (χ3n) is 4.18. The molecular formula is C18H22N4O2. The minimum atomic E-state index is -0.0109. The molecule has 1 aliphatic rings. The van der Waals surface area contributed by atoms with Gasteiger partial charge in [-0.3, -0.25) is 9.78 Å². The van der Waals surface area contributed by atoms with Crippen LogP contribution in [0.5, 0.6) is 5.75 Å². The van der Waals surface area contributed by atoms with Crippen molar-refractivity contribution < 1.29 is 9.90 Å². The molecule has 0 saturated carbocycles. The highest BCUT2D eigenvalue weighted by Gasteiger charge is 2.26. The molecule has 1 atom stereocenters. The molecule has 126 valence electrons. The summed E-state index contributed by atoms with van der Waals surface area (Å²) in [5.41, 5.74) is 1.30. The smallest absolute Gasteiger partial charge is 0.222 e. The van der Waals surface area contributed by atoms with Gasteiger partial charge in [0.25, 0.3) is 0 Å². The van der Waals surface area contributed by atoms with Gasteiger partial charge in [0, 0.05) is 30.6 Å². The lowest BCUT2D eigenvalue weighted by Gasteiger charge is -2.19. The first-order chi connectivity index (χ1) is 11.5. The summed E-state index contributed by atoms with van der Waals surface area (Å²) >= 11 is 0. The van der Waals surface area contributed by atoms with E-state index in [2.05, 4.69) is 20.2 Å². The number of carbonyl (C=O) groups excluding carboxylic acids is 1. The number of aromatic hydroxyl groups is 1. The standard InChI is InChI=1S/C18H22N4O2/c1-12(2)18(24)20-13-7-8-22(11-13)17-10-19-9-15(21-17)14-5-3-4-6-16(14)23/h3-6,9-10,12-13,23H,7-8,11H2,1-2H3,(H,20,24). The van der Waals surface area contributed by atoms with E-state index in [1.165, 1.54) is 0 Å². The molecule has 0 spiro atoms. The number of para-hydroxylation sites is 1. The van der Waals surface area contributed by atoms with Gasteiger partial charge in [0.1, 0.15) is 11.6 Å². The molecule has 1 aromatic carbocycles. The van der Waals surface area contributed by atoms with Crippen LogP contribution in [0, 0.1) is 5.92 Å². The third kappa shape index (κ3) is 3.48. The first kappa shape index (κ1) is 16.2. The minimum absolute atomic E-state index is 0.0109. The topological polar surface area (TPSA) is 78.4 Å². The van der Waals surface area contributed by atoms with Crippen molar-refractivity contribution in [3.63, 3.8) is 0 Å². The number of amides is 1. The van der Waals surface area contributed by atoms with Gasteiger partial charge >= 0.3 is 0 Å². The number of benzene rings is 1. The van der Waals surface area contributed by atoms with Gasteiger partial charge in [-0.25, -0.2) is 4.98 Å². The largest absolute Gasteiger partial charge is 0.507 e. The summed E-state index contributed by atoms with van der Waals surface area (Å²) in [5.74, 6) is 1.02. The number of aromatic nitrogens is 2. The van der Waals surface area contributed by atoms with Gasteiger partial charge in [-0.05, 0) is 18.6 Å². The first-order valence-electron chi connectivity index (χ1n) is 8.20. The van der Waals surface area contributed by atoms with Gasteiger partial charge in [0.15, 0.2) is 0 Å². The Morgan fingerprint density at radius 3 is 2.88 bits per heavy atom. The number of phenolic OH excluding ortho intramolecular Hbond substituents is 1. The number of hydrogen-bond acceptors (Lipinski definition) is 5. The maximum Gasteiger partial charge on any atom is 0.222 e. The average Bonchev–Trinajstić information content (AvgIpc) is 3.04. The van der Waals surface area contributed by atoms with E-state index in [1.807, 2.05) is 26.0 Å². The first-order valence-corrected chi connectivity index (χ1v) is 8.20. The molecule has 2 heterocycles. The monoisotopic (exact) mass is 326 g/mol. The van der Waals surface area contributed by atoms with Crippen molar-refractivity contribution in [2.45, 2.75) is 26.3 Å². The van der Waals surface area contributed by atoms with Crippen molar-refractivity contribution in [2.75, 3.05) is 18.0 Å². The van der Waals surface area contributed by atoms with Crippen LogP contribution in [0.2, 0.25) is 0 Å². The highest BCUT2D eigenvalue weighted by Crippen LogP contribution is 2.28. The highest BCUT2D eigenvalue weighted by atomic mass is 16.3. The zero-order chi connectivity index (χ0) is 17.1. The lowest BCUT2D eigenvalue weighted by Crippen LogP contribution is -2.39. The second-order valence-corrected chi connectivity index (χ2v) is 6.37. The minimum Gasteiger partial charge on any atom is -0.507 e. The van der Waals surface area contributed by atoms with E-state index in [9.17, 15) is 9.90 Å². The quantitative estimate of drug-likeness (QED) is 0.900. The molecule has 3 rings (SSSR count). The lowest BCUT2D eigenvalue weighted by molar-refractivity contribution is -0.124. The van der Waals surface area contributed by atoms with Crippen molar-refractivity contribution in [1.29, 1.82) is 0 Å². The van der Waals surface area contributed by atoms with Crippen LogP contribution in [0.25, 0.3) is 11.3 Å². The molecule has 2 aromatic rings. The van der Waals surface area contributed by atoms with Gasteiger partial charge in [0.2, 0.25) is 5.91 Å². The normalized spacial score (nSPS) is 17.3. The summed E-state index contributed by atoms with van der Waals surface area (Å²) in [6.45, 7) is 5.33. The Balaban J connectivity index is 1.74. The number of phenols is 1. The molecule has 0 aliphatic carbocycles. The maximum atomic E-state index is 11.8. The summed E-state index contributed by atoms with van der Waals surface area (Å²) in [4.78, 5) is 22.8. The van der Waals surface area contributed by atoms with E-state index in [0.717, 1.165) is 25.3 Å². The average molecular weight is 326 g/mol. The molecule has 6 heteroatoms. The zero-order valence-corrected chi connectivity index (χ0v) is 13.9. The zero-order valence-electron chi connectivity index (χ0n) is 13.9. The molecular weight excluding hydrogens is 304 g/mol. The number of carbonyl (C=O) groups is 1. The predicted octanol–water partition coefficient (Wildman–Crippen LogP) is 2.20. The van der Waals surface area contributed by atoms with Crippen LogP contribution >= 0.6 is 0 Å². The van der Waals surface area contributed by atoms with Gasteiger partial charge < -0.3 is 15.3 Å². The Hall–Kier alpha value is -2.63. The Kier molecular flexibility index (Phi) is 4.64. The molecule has 1 fully saturated rings. The maximum absolute atomic E-state index is 11.8. The van der Waals surface area contributed by atoms with E-state index >= 15 is 0 Å². The van der Waals surface area contributed by atoms with Crippen LogP contribution in [-0.2, 0) is 4.79 Å². The summed E-state index contributed by atoms with van der Waals surface area (Å²) in [5, 5.41) is 13.0. The fourth-order valence-corrected chi connectivity index (χ4v) is 2.78. The third-order valence-corrected chi connectivity index (χ3v) is 4.18. The number of rotatable bonds is 4. The SMILES string of the molecule is CC(C)C(=O)NC1CCN(c2cncc(-c3ccccc3O)n2)C1. The molecule has 0 radical (unpaired) electrons. The van der Waals surface area contributed by atoms with E-state index in [1.54, 1.807) is 24.5 Å². The van der Waals surface area contributed by atoms with Crippen molar-refractivity contribution in [3.8, 4) is 17.0 Å². The Labute approximate surface area is 141 Å².